The van der Waals surface area contributed by atoms with Gasteiger partial charge in [0.2, 0.25) is 0 Å². The van der Waals surface area contributed by atoms with Gasteiger partial charge in [-0.1, -0.05) is 48.0 Å². The predicted octanol–water partition coefficient (Wildman–Crippen LogP) is 7.46. The lowest BCUT2D eigenvalue weighted by Crippen LogP contribution is -1.91. The maximum atomic E-state index is 14.3. The van der Waals surface area contributed by atoms with Crippen molar-refractivity contribution in [2.24, 2.45) is 0 Å². The summed E-state index contributed by atoms with van der Waals surface area (Å²) in [5.74, 6) is -0.470. The molecule has 0 spiro atoms. The molecule has 0 fully saturated rings. The summed E-state index contributed by atoms with van der Waals surface area (Å²) in [7, 11) is 0. The summed E-state index contributed by atoms with van der Waals surface area (Å²) in [6, 6.07) is 30.2. The fourth-order valence-corrected chi connectivity index (χ4v) is 5.43. The molecule has 0 bridgehead atoms. The van der Waals surface area contributed by atoms with Crippen LogP contribution in [0, 0.1) is 58.1 Å². The van der Waals surface area contributed by atoms with E-state index in [1.807, 2.05) is 73.7 Å². The van der Waals surface area contributed by atoms with Crippen LogP contribution < -0.4 is 0 Å². The van der Waals surface area contributed by atoms with E-state index in [0.29, 0.717) is 33.4 Å². The van der Waals surface area contributed by atoms with Crippen molar-refractivity contribution in [3.05, 3.63) is 118 Å². The standard InChI is InChI=1S/C33H15FN4/c1-18-2-4-19(5-3-18)20-6-8-24-26-12-31-27(13-30(26)32(28(24)10-20)21(14-35)15-36)25-9-7-23(34)11-29(25)33(31)22(16-37)17-38/h2-13H,1H3. The molecule has 38 heavy (non-hydrogen) atoms. The molecule has 0 saturated heterocycles. The molecule has 0 N–H and O–H groups in total. The van der Waals surface area contributed by atoms with Crippen molar-refractivity contribution in [3.8, 4) is 57.7 Å². The van der Waals surface area contributed by atoms with Crippen LogP contribution in [0.25, 0.3) is 44.5 Å². The molecule has 2 aliphatic carbocycles. The summed E-state index contributed by atoms with van der Waals surface area (Å²) in [5, 5.41) is 39.1. The molecule has 4 nitrogen and oxygen atoms in total. The van der Waals surface area contributed by atoms with Crippen molar-refractivity contribution >= 4 is 11.1 Å². The topological polar surface area (TPSA) is 95.2 Å². The van der Waals surface area contributed by atoms with Crippen molar-refractivity contribution in [2.45, 2.75) is 6.92 Å². The number of allylic oxidation sites excluding steroid dienone is 2. The molecule has 4 aromatic rings. The van der Waals surface area contributed by atoms with Gasteiger partial charge in [0.05, 0.1) is 0 Å². The summed E-state index contributed by atoms with van der Waals surface area (Å²) >= 11 is 0. The number of fused-ring (bicyclic) bond motifs is 6. The van der Waals surface area contributed by atoms with E-state index in [4.69, 9.17) is 0 Å². The highest BCUT2D eigenvalue weighted by Gasteiger charge is 2.33. The van der Waals surface area contributed by atoms with Crippen LogP contribution in [0.2, 0.25) is 0 Å². The van der Waals surface area contributed by atoms with Gasteiger partial charge >= 0.3 is 0 Å². The first-order valence-electron chi connectivity index (χ1n) is 11.8. The molecular formula is C33H15FN4. The Labute approximate surface area is 218 Å². The van der Waals surface area contributed by atoms with Crippen molar-refractivity contribution in [1.82, 2.24) is 0 Å². The lowest BCUT2D eigenvalue weighted by molar-refractivity contribution is 0.627. The predicted molar refractivity (Wildman–Crippen MR) is 142 cm³/mol. The van der Waals surface area contributed by atoms with E-state index in [1.54, 1.807) is 6.07 Å². The third-order valence-corrected chi connectivity index (χ3v) is 7.15. The molecule has 0 aliphatic heterocycles. The summed E-state index contributed by atoms with van der Waals surface area (Å²) in [5.41, 5.74) is 9.57. The first kappa shape index (κ1) is 22.7. The van der Waals surface area contributed by atoms with Gasteiger partial charge in [-0.25, -0.2) is 4.39 Å². The molecule has 0 saturated carbocycles. The third kappa shape index (κ3) is 3.18. The molecule has 0 unspecified atom stereocenters. The number of benzene rings is 4. The van der Waals surface area contributed by atoms with E-state index in [-0.39, 0.29) is 11.1 Å². The minimum Gasteiger partial charge on any atom is -0.207 e. The van der Waals surface area contributed by atoms with Crippen molar-refractivity contribution < 1.29 is 4.39 Å². The molecule has 4 aromatic carbocycles. The highest BCUT2D eigenvalue weighted by atomic mass is 19.1. The zero-order valence-electron chi connectivity index (χ0n) is 20.1. The third-order valence-electron chi connectivity index (χ3n) is 7.15. The Morgan fingerprint density at radius 1 is 0.500 bits per heavy atom. The van der Waals surface area contributed by atoms with Crippen molar-refractivity contribution in [3.63, 3.8) is 0 Å². The van der Waals surface area contributed by atoms with Crippen LogP contribution in [0.3, 0.4) is 0 Å². The summed E-state index contributed by atoms with van der Waals surface area (Å²) in [6.45, 7) is 2.02. The number of halogens is 1. The van der Waals surface area contributed by atoms with Crippen LogP contribution in [0.5, 0.6) is 0 Å². The van der Waals surface area contributed by atoms with Gasteiger partial charge < -0.3 is 0 Å². The van der Waals surface area contributed by atoms with E-state index >= 15 is 0 Å². The van der Waals surface area contributed by atoms with E-state index in [1.165, 1.54) is 12.1 Å². The molecule has 6 rings (SSSR count). The Morgan fingerprint density at radius 3 is 1.47 bits per heavy atom. The van der Waals surface area contributed by atoms with Crippen LogP contribution in [-0.2, 0) is 0 Å². The highest BCUT2D eigenvalue weighted by Crippen LogP contribution is 2.53. The van der Waals surface area contributed by atoms with Gasteiger partial charge in [-0.15, -0.1) is 0 Å². The molecule has 5 heteroatoms. The Bertz CT molecular complexity index is 1930. The summed E-state index contributed by atoms with van der Waals surface area (Å²) in [4.78, 5) is 0. The normalized spacial score (nSPS) is 11.7. The van der Waals surface area contributed by atoms with Crippen LogP contribution in [0.15, 0.2) is 83.9 Å². The van der Waals surface area contributed by atoms with Gasteiger partial charge in [-0.3, -0.25) is 0 Å². The number of aryl methyl sites for hydroxylation is 1. The van der Waals surface area contributed by atoms with Gasteiger partial charge in [0.25, 0.3) is 0 Å². The second-order valence-electron chi connectivity index (χ2n) is 9.21. The van der Waals surface area contributed by atoms with E-state index in [9.17, 15) is 25.4 Å². The van der Waals surface area contributed by atoms with Gasteiger partial charge in [-0.05, 0) is 92.9 Å². The van der Waals surface area contributed by atoms with Crippen molar-refractivity contribution in [2.75, 3.05) is 0 Å². The minimum atomic E-state index is -0.470. The summed E-state index contributed by atoms with van der Waals surface area (Å²) < 4.78 is 14.3. The number of rotatable bonds is 1. The maximum absolute atomic E-state index is 14.3. The molecule has 0 aromatic heterocycles. The number of nitriles is 4. The average molecular weight is 487 g/mol. The Hall–Kier alpha value is -5.75. The Kier molecular flexibility index (Phi) is 5.03. The molecule has 0 radical (unpaired) electrons. The quantitative estimate of drug-likeness (QED) is 0.225. The number of nitrogens with zero attached hydrogens (tertiary/aromatic N) is 4. The fourth-order valence-electron chi connectivity index (χ4n) is 5.43. The van der Waals surface area contributed by atoms with E-state index in [2.05, 4.69) is 12.1 Å². The van der Waals surface area contributed by atoms with Gasteiger partial charge in [0.1, 0.15) is 41.2 Å². The summed E-state index contributed by atoms with van der Waals surface area (Å²) in [6.07, 6.45) is 0. The fraction of sp³-hybridized carbons (Fsp3) is 0.0303. The zero-order valence-corrected chi connectivity index (χ0v) is 20.1. The van der Waals surface area contributed by atoms with Crippen molar-refractivity contribution in [1.29, 1.82) is 21.0 Å². The second-order valence-corrected chi connectivity index (χ2v) is 9.21. The van der Waals surface area contributed by atoms with Crippen LogP contribution in [0.1, 0.15) is 27.8 Å². The highest BCUT2D eigenvalue weighted by molar-refractivity contribution is 6.11. The minimum absolute atomic E-state index is 0.00571. The van der Waals surface area contributed by atoms with Gasteiger partial charge in [0.15, 0.2) is 0 Å². The second kappa shape index (κ2) is 8.43. The average Bonchev–Trinajstić information content (AvgIpc) is 3.41. The first-order chi connectivity index (χ1) is 18.5. The molecule has 174 valence electrons. The maximum Gasteiger partial charge on any atom is 0.138 e. The molecular weight excluding hydrogens is 471 g/mol. The zero-order chi connectivity index (χ0) is 26.6. The Morgan fingerprint density at radius 2 is 0.947 bits per heavy atom. The largest absolute Gasteiger partial charge is 0.207 e. The van der Waals surface area contributed by atoms with Crippen LogP contribution in [0.4, 0.5) is 4.39 Å². The molecule has 0 heterocycles. The SMILES string of the molecule is Cc1ccc(-c2ccc3c(c2)C(=C(C#N)C#N)c2cc4c(cc2-3)C(=C(C#N)C#N)c2cc(F)ccc2-4)cc1. The van der Waals surface area contributed by atoms with Gasteiger partial charge in [0, 0.05) is 11.1 Å². The monoisotopic (exact) mass is 486 g/mol. The van der Waals surface area contributed by atoms with Crippen LogP contribution in [-0.4, -0.2) is 0 Å². The lowest BCUT2D eigenvalue weighted by atomic mass is 9.93. The molecule has 2 aliphatic rings. The Balaban J connectivity index is 1.67. The van der Waals surface area contributed by atoms with Crippen LogP contribution >= 0.6 is 0 Å². The first-order valence-corrected chi connectivity index (χ1v) is 11.8. The lowest BCUT2D eigenvalue weighted by Gasteiger charge is -2.08. The van der Waals surface area contributed by atoms with E-state index < -0.39 is 5.82 Å². The number of hydrogen-bond acceptors (Lipinski definition) is 4. The van der Waals surface area contributed by atoms with E-state index in [0.717, 1.165) is 38.9 Å². The number of hydrogen-bond donors (Lipinski definition) is 0. The molecule has 0 amide bonds. The smallest absolute Gasteiger partial charge is 0.138 e. The molecule has 0 atom stereocenters. The van der Waals surface area contributed by atoms with Gasteiger partial charge in [-0.2, -0.15) is 21.0 Å².